The SMILES string of the molecule is COc1ccc(OC)c(NS(=O)(=O)c2cc(-c3cc(C(F)(F)F)on3)sc2C)c1. The number of hydrogen-bond donors (Lipinski definition) is 1. The van der Waals surface area contributed by atoms with Gasteiger partial charge in [0.1, 0.15) is 22.1 Å². The zero-order valence-corrected chi connectivity index (χ0v) is 17.0. The Morgan fingerprint density at radius 3 is 2.45 bits per heavy atom. The summed E-state index contributed by atoms with van der Waals surface area (Å²) in [7, 11) is -1.25. The first-order valence-corrected chi connectivity index (χ1v) is 10.2. The molecule has 0 saturated heterocycles. The highest BCUT2D eigenvalue weighted by Gasteiger charge is 2.36. The molecule has 7 nitrogen and oxygen atoms in total. The maximum Gasteiger partial charge on any atom is 0.452 e. The molecular weight excluding hydrogens is 433 g/mol. The van der Waals surface area contributed by atoms with Crippen molar-refractivity contribution < 1.29 is 35.6 Å². The van der Waals surface area contributed by atoms with Crippen molar-refractivity contribution in [3.8, 4) is 22.1 Å². The summed E-state index contributed by atoms with van der Waals surface area (Å²) < 4.78 is 80.8. The number of aromatic nitrogens is 1. The second-order valence-corrected chi connectivity index (χ2v) is 8.68. The molecule has 12 heteroatoms. The van der Waals surface area contributed by atoms with Crippen LogP contribution < -0.4 is 14.2 Å². The monoisotopic (exact) mass is 448 g/mol. The van der Waals surface area contributed by atoms with Gasteiger partial charge in [0, 0.05) is 17.0 Å². The summed E-state index contributed by atoms with van der Waals surface area (Å²) in [5, 5.41) is 3.39. The summed E-state index contributed by atoms with van der Waals surface area (Å²) in [5.41, 5.74) is 0.0469. The molecule has 0 saturated carbocycles. The number of nitrogens with one attached hydrogen (secondary N) is 1. The van der Waals surface area contributed by atoms with Crippen LogP contribution >= 0.6 is 11.3 Å². The summed E-state index contributed by atoms with van der Waals surface area (Å²) in [6.07, 6.45) is -4.68. The number of hydrogen-bond acceptors (Lipinski definition) is 7. The van der Waals surface area contributed by atoms with Crippen LogP contribution in [-0.2, 0) is 16.2 Å². The molecule has 0 aliphatic carbocycles. The number of ether oxygens (including phenoxy) is 2. The van der Waals surface area contributed by atoms with Gasteiger partial charge in [-0.25, -0.2) is 8.42 Å². The van der Waals surface area contributed by atoms with Crippen LogP contribution in [0.2, 0.25) is 0 Å². The first kappa shape index (κ1) is 21.0. The second-order valence-electron chi connectivity index (χ2n) is 5.78. The summed E-state index contributed by atoms with van der Waals surface area (Å²) in [5.74, 6) is -0.579. The van der Waals surface area contributed by atoms with Gasteiger partial charge in [-0.2, -0.15) is 13.2 Å². The zero-order valence-electron chi connectivity index (χ0n) is 15.3. The Morgan fingerprint density at radius 1 is 1.14 bits per heavy atom. The van der Waals surface area contributed by atoms with Gasteiger partial charge in [-0.3, -0.25) is 4.72 Å². The van der Waals surface area contributed by atoms with Gasteiger partial charge in [-0.15, -0.1) is 11.3 Å². The van der Waals surface area contributed by atoms with Gasteiger partial charge in [0.25, 0.3) is 10.0 Å². The third kappa shape index (κ3) is 4.32. The molecule has 0 bridgehead atoms. The van der Waals surface area contributed by atoms with Crippen LogP contribution in [0.4, 0.5) is 18.9 Å². The summed E-state index contributed by atoms with van der Waals surface area (Å²) in [4.78, 5) is 0.490. The third-order valence-electron chi connectivity index (χ3n) is 3.85. The van der Waals surface area contributed by atoms with Gasteiger partial charge in [0.05, 0.1) is 24.8 Å². The molecular formula is C17H15F3N2O5S2. The van der Waals surface area contributed by atoms with E-state index in [2.05, 4.69) is 14.4 Å². The maximum absolute atomic E-state index is 12.9. The van der Waals surface area contributed by atoms with Crippen molar-refractivity contribution in [2.24, 2.45) is 0 Å². The Hall–Kier alpha value is -2.73. The van der Waals surface area contributed by atoms with Gasteiger partial charge < -0.3 is 14.0 Å². The number of thiophene rings is 1. The number of anilines is 1. The molecule has 0 radical (unpaired) electrons. The number of benzene rings is 1. The standard InChI is InChI=1S/C17H15F3N2O5S2/c1-9-15(8-14(28-9)12-7-16(27-21-12)17(18,19)20)29(23,24)22-11-6-10(25-2)4-5-13(11)26-3/h4-8,22H,1-3H3. The third-order valence-corrected chi connectivity index (χ3v) is 6.55. The number of sulfonamides is 1. The van der Waals surface area contributed by atoms with Crippen molar-refractivity contribution >= 4 is 27.0 Å². The van der Waals surface area contributed by atoms with Gasteiger partial charge in [-0.1, -0.05) is 5.16 Å². The van der Waals surface area contributed by atoms with Gasteiger partial charge in [-0.05, 0) is 25.1 Å². The summed E-state index contributed by atoms with van der Waals surface area (Å²) in [6.45, 7) is 1.54. The van der Waals surface area contributed by atoms with Crippen molar-refractivity contribution in [2.45, 2.75) is 18.0 Å². The number of halogens is 3. The number of rotatable bonds is 6. The van der Waals surface area contributed by atoms with E-state index < -0.39 is 22.0 Å². The van der Waals surface area contributed by atoms with Crippen LogP contribution in [0.1, 0.15) is 10.6 Å². The molecule has 156 valence electrons. The van der Waals surface area contributed by atoms with E-state index in [-0.39, 0.29) is 26.9 Å². The van der Waals surface area contributed by atoms with Crippen molar-refractivity contribution in [2.75, 3.05) is 18.9 Å². The fraction of sp³-hybridized carbons (Fsp3) is 0.235. The topological polar surface area (TPSA) is 90.7 Å². The average molecular weight is 448 g/mol. The summed E-state index contributed by atoms with van der Waals surface area (Å²) >= 11 is 0.982. The van der Waals surface area contributed by atoms with Crippen LogP contribution in [0.3, 0.4) is 0 Å². The quantitative estimate of drug-likeness (QED) is 0.595. The lowest BCUT2D eigenvalue weighted by atomic mass is 10.3. The Balaban J connectivity index is 1.96. The Kier molecular flexibility index (Phi) is 5.50. The highest BCUT2D eigenvalue weighted by atomic mass is 32.2. The Bertz CT molecular complexity index is 1140. The van der Waals surface area contributed by atoms with Gasteiger partial charge in [0.2, 0.25) is 5.76 Å². The van der Waals surface area contributed by atoms with Crippen molar-refractivity contribution in [3.63, 3.8) is 0 Å². The number of methoxy groups -OCH3 is 2. The van der Waals surface area contributed by atoms with Crippen LogP contribution in [-0.4, -0.2) is 27.8 Å². The van der Waals surface area contributed by atoms with E-state index in [1.54, 1.807) is 6.07 Å². The smallest absolute Gasteiger partial charge is 0.452 e. The molecule has 0 amide bonds. The fourth-order valence-corrected chi connectivity index (χ4v) is 5.08. The molecule has 0 atom stereocenters. The highest BCUT2D eigenvalue weighted by Crippen LogP contribution is 2.38. The first-order chi connectivity index (χ1) is 13.5. The molecule has 3 rings (SSSR count). The molecule has 0 aliphatic heterocycles. The molecule has 29 heavy (non-hydrogen) atoms. The molecule has 2 heterocycles. The second kappa shape index (κ2) is 7.59. The number of alkyl halides is 3. The van der Waals surface area contributed by atoms with E-state index in [1.807, 2.05) is 0 Å². The highest BCUT2D eigenvalue weighted by molar-refractivity contribution is 7.93. The predicted molar refractivity (Wildman–Crippen MR) is 99.9 cm³/mol. The summed E-state index contributed by atoms with van der Waals surface area (Å²) in [6, 6.07) is 6.56. The fourth-order valence-electron chi connectivity index (χ4n) is 2.48. The normalized spacial score (nSPS) is 12.1. The number of nitrogens with zero attached hydrogens (tertiary/aromatic N) is 1. The largest absolute Gasteiger partial charge is 0.497 e. The van der Waals surface area contributed by atoms with Crippen LogP contribution in [0.15, 0.2) is 39.8 Å². The van der Waals surface area contributed by atoms with Crippen molar-refractivity contribution in [3.05, 3.63) is 41.0 Å². The predicted octanol–water partition coefficient (Wildman–Crippen LogP) is 4.55. The maximum atomic E-state index is 12.9. The van der Waals surface area contributed by atoms with Gasteiger partial charge >= 0.3 is 6.18 Å². The van der Waals surface area contributed by atoms with E-state index in [1.165, 1.54) is 39.3 Å². The minimum absolute atomic E-state index is 0.0982. The molecule has 0 unspecified atom stereocenters. The van der Waals surface area contributed by atoms with E-state index in [9.17, 15) is 21.6 Å². The lowest BCUT2D eigenvalue weighted by Gasteiger charge is -2.13. The lowest BCUT2D eigenvalue weighted by molar-refractivity contribution is -0.155. The molecule has 1 N–H and O–H groups in total. The van der Waals surface area contributed by atoms with Crippen LogP contribution in [0.5, 0.6) is 11.5 Å². The lowest BCUT2D eigenvalue weighted by Crippen LogP contribution is -2.14. The van der Waals surface area contributed by atoms with E-state index in [0.29, 0.717) is 10.6 Å². The minimum atomic E-state index is -4.68. The molecule has 0 fully saturated rings. The minimum Gasteiger partial charge on any atom is -0.497 e. The molecule has 1 aromatic carbocycles. The zero-order chi connectivity index (χ0) is 21.4. The number of aryl methyl sites for hydroxylation is 1. The van der Waals surface area contributed by atoms with E-state index >= 15 is 0 Å². The first-order valence-electron chi connectivity index (χ1n) is 7.94. The van der Waals surface area contributed by atoms with Crippen LogP contribution in [0.25, 0.3) is 10.6 Å². The van der Waals surface area contributed by atoms with Crippen molar-refractivity contribution in [1.82, 2.24) is 5.16 Å². The van der Waals surface area contributed by atoms with E-state index in [4.69, 9.17) is 9.47 Å². The van der Waals surface area contributed by atoms with E-state index in [0.717, 1.165) is 17.4 Å². The Labute approximate surface area is 168 Å². The molecule has 0 aliphatic rings. The van der Waals surface area contributed by atoms with Crippen molar-refractivity contribution in [1.29, 1.82) is 0 Å². The molecule has 2 aromatic heterocycles. The Morgan fingerprint density at radius 2 is 1.86 bits per heavy atom. The molecule has 0 spiro atoms. The average Bonchev–Trinajstić information content (AvgIpc) is 3.28. The molecule has 3 aromatic rings. The van der Waals surface area contributed by atoms with Gasteiger partial charge in [0.15, 0.2) is 0 Å². The van der Waals surface area contributed by atoms with Crippen LogP contribution in [0, 0.1) is 6.92 Å².